The van der Waals surface area contributed by atoms with Crippen molar-refractivity contribution in [3.8, 4) is 0 Å². The number of amides is 1. The zero-order chi connectivity index (χ0) is 15.7. The summed E-state index contributed by atoms with van der Waals surface area (Å²) in [7, 11) is 1.19. The van der Waals surface area contributed by atoms with E-state index in [1.165, 1.54) is 6.07 Å². The first kappa shape index (κ1) is 17.6. The van der Waals surface area contributed by atoms with E-state index in [-0.39, 0.29) is 32.5 Å². The summed E-state index contributed by atoms with van der Waals surface area (Å²) >= 11 is 11.6. The number of nitrogens with one attached hydrogen (secondary N) is 1. The molecule has 1 aromatic carbocycles. The van der Waals surface area contributed by atoms with Crippen LogP contribution in [0, 0.1) is 5.92 Å². The van der Waals surface area contributed by atoms with Gasteiger partial charge in [0.25, 0.3) is 15.0 Å². The van der Waals surface area contributed by atoms with Crippen LogP contribution < -0.4 is 5.32 Å². The summed E-state index contributed by atoms with van der Waals surface area (Å²) in [6.07, 6.45) is 0. The summed E-state index contributed by atoms with van der Waals surface area (Å²) in [5.74, 6) is -0.204. The molecule has 1 aromatic rings. The Morgan fingerprint density at radius 1 is 1.20 bits per heavy atom. The van der Waals surface area contributed by atoms with Gasteiger partial charge in [0, 0.05) is 22.3 Å². The molecular formula is C12H14Cl3NO3S. The van der Waals surface area contributed by atoms with Crippen LogP contribution in [0.3, 0.4) is 0 Å². The molecule has 0 saturated heterocycles. The van der Waals surface area contributed by atoms with E-state index >= 15 is 0 Å². The zero-order valence-corrected chi connectivity index (χ0v) is 14.2. The van der Waals surface area contributed by atoms with Gasteiger partial charge in [0.15, 0.2) is 0 Å². The molecule has 1 unspecified atom stereocenters. The van der Waals surface area contributed by atoms with Crippen molar-refractivity contribution in [3.05, 3.63) is 27.7 Å². The third-order valence-electron chi connectivity index (χ3n) is 2.88. The van der Waals surface area contributed by atoms with Crippen LogP contribution in [0.4, 0.5) is 0 Å². The fraction of sp³-hybridized carbons (Fsp3) is 0.417. The summed E-state index contributed by atoms with van der Waals surface area (Å²) in [5.41, 5.74) is 0.0890. The van der Waals surface area contributed by atoms with Crippen LogP contribution in [0.5, 0.6) is 0 Å². The monoisotopic (exact) mass is 357 g/mol. The highest BCUT2D eigenvalue weighted by Crippen LogP contribution is 2.32. The molecule has 0 aromatic heterocycles. The number of benzene rings is 1. The van der Waals surface area contributed by atoms with E-state index in [0.717, 1.165) is 6.07 Å². The lowest BCUT2D eigenvalue weighted by molar-refractivity contribution is 0.0930. The molecule has 0 heterocycles. The molecule has 0 fully saturated rings. The van der Waals surface area contributed by atoms with Crippen molar-refractivity contribution in [2.24, 2.45) is 5.92 Å². The average molecular weight is 359 g/mol. The number of hydrogen-bond donors (Lipinski definition) is 1. The molecule has 4 nitrogen and oxygen atoms in total. The minimum absolute atomic E-state index is 0.0456. The molecule has 0 saturated carbocycles. The highest BCUT2D eigenvalue weighted by Gasteiger charge is 2.21. The molecule has 0 aliphatic rings. The van der Waals surface area contributed by atoms with E-state index in [0.29, 0.717) is 0 Å². The molecule has 8 heteroatoms. The van der Waals surface area contributed by atoms with Gasteiger partial charge in [0.2, 0.25) is 0 Å². The molecule has 0 spiro atoms. The van der Waals surface area contributed by atoms with Crippen LogP contribution in [0.2, 0.25) is 10.0 Å². The summed E-state index contributed by atoms with van der Waals surface area (Å²) in [6, 6.07) is 2.34. The van der Waals surface area contributed by atoms with Crippen LogP contribution >= 0.6 is 33.9 Å². The number of carbonyl (C=O) groups excluding carboxylic acids is 1. The van der Waals surface area contributed by atoms with Crippen molar-refractivity contribution in [2.45, 2.75) is 31.7 Å². The van der Waals surface area contributed by atoms with Crippen molar-refractivity contribution < 1.29 is 13.2 Å². The number of rotatable bonds is 4. The smallest absolute Gasteiger partial charge is 0.262 e. The summed E-state index contributed by atoms with van der Waals surface area (Å²) in [5, 5.41) is 2.50. The van der Waals surface area contributed by atoms with Crippen LogP contribution in [-0.4, -0.2) is 20.4 Å². The van der Waals surface area contributed by atoms with Crippen LogP contribution in [0.15, 0.2) is 17.0 Å². The minimum Gasteiger partial charge on any atom is -0.349 e. The summed E-state index contributed by atoms with van der Waals surface area (Å²) in [4.78, 5) is 11.7. The molecule has 0 radical (unpaired) electrons. The van der Waals surface area contributed by atoms with Crippen LogP contribution in [0.25, 0.3) is 0 Å². The van der Waals surface area contributed by atoms with Crippen LogP contribution in [-0.2, 0) is 9.05 Å². The molecule has 0 bridgehead atoms. The molecule has 112 valence electrons. The standard InChI is InChI=1S/C12H14Cl3NO3S/c1-6(2)7(3)16-12(17)8-4-9(13)11(14)10(5-8)20(15,18)19/h4-7H,1-3H3,(H,16,17). The molecule has 1 rings (SSSR count). The Morgan fingerprint density at radius 3 is 2.20 bits per heavy atom. The van der Waals surface area contributed by atoms with Gasteiger partial charge in [-0.25, -0.2) is 8.42 Å². The first-order chi connectivity index (χ1) is 9.04. The minimum atomic E-state index is -4.08. The maximum absolute atomic E-state index is 12.1. The number of hydrogen-bond acceptors (Lipinski definition) is 3. The van der Waals surface area contributed by atoms with E-state index in [1.54, 1.807) is 0 Å². The van der Waals surface area contributed by atoms with Crippen molar-refractivity contribution in [3.63, 3.8) is 0 Å². The Balaban J connectivity index is 3.21. The Bertz CT molecular complexity index is 629. The third-order valence-corrected chi connectivity index (χ3v) is 5.14. The maximum atomic E-state index is 12.1. The molecule has 0 aliphatic heterocycles. The van der Waals surface area contributed by atoms with E-state index in [2.05, 4.69) is 5.32 Å². The fourth-order valence-corrected chi connectivity index (χ4v) is 3.09. The van der Waals surface area contributed by atoms with Crippen LogP contribution in [0.1, 0.15) is 31.1 Å². The van der Waals surface area contributed by atoms with E-state index in [9.17, 15) is 13.2 Å². The second kappa shape index (κ2) is 6.52. The first-order valence-corrected chi connectivity index (χ1v) is 8.85. The Kier molecular flexibility index (Phi) is 5.72. The summed E-state index contributed by atoms with van der Waals surface area (Å²) < 4.78 is 22.8. The van der Waals surface area contributed by atoms with Gasteiger partial charge in [-0.2, -0.15) is 0 Å². The van der Waals surface area contributed by atoms with E-state index in [1.807, 2.05) is 20.8 Å². The molecule has 0 aliphatic carbocycles. The van der Waals surface area contributed by atoms with Crippen molar-refractivity contribution >= 4 is 48.8 Å². The normalized spacial score (nSPS) is 13.3. The largest absolute Gasteiger partial charge is 0.349 e. The maximum Gasteiger partial charge on any atom is 0.262 e. The molecule has 1 amide bonds. The second-order valence-electron chi connectivity index (χ2n) is 4.71. The van der Waals surface area contributed by atoms with Gasteiger partial charge in [-0.3, -0.25) is 4.79 Å². The van der Waals surface area contributed by atoms with Gasteiger partial charge < -0.3 is 5.32 Å². The lowest BCUT2D eigenvalue weighted by Gasteiger charge is -2.17. The highest BCUT2D eigenvalue weighted by molar-refractivity contribution is 8.13. The Hall–Kier alpha value is -0.490. The predicted octanol–water partition coefficient (Wildman–Crippen LogP) is 3.70. The lowest BCUT2D eigenvalue weighted by Crippen LogP contribution is -2.36. The van der Waals surface area contributed by atoms with E-state index < -0.39 is 15.0 Å². The van der Waals surface area contributed by atoms with Crippen molar-refractivity contribution in [2.75, 3.05) is 0 Å². The molecule has 1 atom stereocenters. The quantitative estimate of drug-likeness (QED) is 0.835. The van der Waals surface area contributed by atoms with Gasteiger partial charge in [-0.05, 0) is 25.0 Å². The van der Waals surface area contributed by atoms with Gasteiger partial charge >= 0.3 is 0 Å². The average Bonchev–Trinajstić information content (AvgIpc) is 2.30. The Labute approximate surface area is 132 Å². The Morgan fingerprint density at radius 2 is 1.75 bits per heavy atom. The molecular weight excluding hydrogens is 345 g/mol. The zero-order valence-electron chi connectivity index (χ0n) is 11.1. The molecule has 20 heavy (non-hydrogen) atoms. The highest BCUT2D eigenvalue weighted by atomic mass is 35.7. The second-order valence-corrected chi connectivity index (χ2v) is 8.03. The van der Waals surface area contributed by atoms with Crippen molar-refractivity contribution in [1.29, 1.82) is 0 Å². The van der Waals surface area contributed by atoms with Gasteiger partial charge in [-0.15, -0.1) is 0 Å². The summed E-state index contributed by atoms with van der Waals surface area (Å²) in [6.45, 7) is 5.75. The predicted molar refractivity (Wildman–Crippen MR) is 81.3 cm³/mol. The van der Waals surface area contributed by atoms with Crippen molar-refractivity contribution in [1.82, 2.24) is 5.32 Å². The van der Waals surface area contributed by atoms with Gasteiger partial charge in [-0.1, -0.05) is 37.0 Å². The lowest BCUT2D eigenvalue weighted by atomic mass is 10.1. The first-order valence-electron chi connectivity index (χ1n) is 5.78. The third kappa shape index (κ3) is 4.25. The SMILES string of the molecule is CC(C)C(C)NC(=O)c1cc(Cl)c(Cl)c(S(=O)(=O)Cl)c1. The van der Waals surface area contributed by atoms with E-state index in [4.69, 9.17) is 33.9 Å². The molecule has 1 N–H and O–H groups in total. The fourth-order valence-electron chi connectivity index (χ4n) is 1.33. The van der Waals surface area contributed by atoms with Gasteiger partial charge in [0.1, 0.15) is 4.90 Å². The number of halogens is 3. The topological polar surface area (TPSA) is 63.2 Å². The van der Waals surface area contributed by atoms with Gasteiger partial charge in [0.05, 0.1) is 10.0 Å². The number of carbonyl (C=O) groups is 1.